The van der Waals surface area contributed by atoms with Crippen LogP contribution in [-0.2, 0) is 20.9 Å². The van der Waals surface area contributed by atoms with Crippen molar-refractivity contribution < 1.29 is 23.5 Å². The number of likely N-dealkylation sites (N-methyl/N-ethyl adjacent to an activating group) is 1. The first-order valence-corrected chi connectivity index (χ1v) is 8.66. The third kappa shape index (κ3) is 5.96. The summed E-state index contributed by atoms with van der Waals surface area (Å²) in [6, 6.07) is 12.7. The molecule has 1 amide bonds. The number of rotatable bonds is 7. The molecule has 2 aromatic carbocycles. The van der Waals surface area contributed by atoms with Crippen LogP contribution < -0.4 is 4.74 Å². The molecule has 0 unspecified atom stereocenters. The Morgan fingerprint density at radius 1 is 1.11 bits per heavy atom. The molecule has 0 aromatic heterocycles. The zero-order valence-electron chi connectivity index (χ0n) is 15.4. The average molecular weight is 394 g/mol. The van der Waals surface area contributed by atoms with Crippen molar-refractivity contribution >= 4 is 23.5 Å². The summed E-state index contributed by atoms with van der Waals surface area (Å²) in [5, 5.41) is 0.547. The van der Waals surface area contributed by atoms with Crippen LogP contribution in [0.3, 0.4) is 0 Å². The molecule has 0 aliphatic carbocycles. The number of nitrogens with zero attached hydrogens (tertiary/aromatic N) is 1. The van der Waals surface area contributed by atoms with E-state index in [0.717, 1.165) is 0 Å². The van der Waals surface area contributed by atoms with Gasteiger partial charge in [0.1, 0.15) is 11.6 Å². The van der Waals surface area contributed by atoms with Crippen LogP contribution in [0.15, 0.2) is 48.5 Å². The van der Waals surface area contributed by atoms with Crippen molar-refractivity contribution in [2.45, 2.75) is 26.0 Å². The van der Waals surface area contributed by atoms with E-state index in [9.17, 15) is 14.0 Å². The Morgan fingerprint density at radius 2 is 1.74 bits per heavy atom. The molecule has 0 radical (unpaired) electrons. The maximum absolute atomic E-state index is 13.7. The minimum absolute atomic E-state index is 0.0771. The molecule has 0 fully saturated rings. The first-order chi connectivity index (χ1) is 12.7. The molecule has 5 nitrogen and oxygen atoms in total. The molecule has 0 bridgehead atoms. The second-order valence-corrected chi connectivity index (χ2v) is 6.92. The second kappa shape index (κ2) is 8.86. The molecule has 0 aliphatic rings. The van der Waals surface area contributed by atoms with Gasteiger partial charge in [0.05, 0.1) is 0 Å². The number of carbonyl (C=O) groups excluding carboxylic acids is 2. The normalized spacial score (nSPS) is 11.0. The third-order valence-electron chi connectivity index (χ3n) is 3.80. The molecule has 0 heterocycles. The number of hydrogen-bond acceptors (Lipinski definition) is 4. The van der Waals surface area contributed by atoms with Gasteiger partial charge in [-0.1, -0.05) is 29.8 Å². The first kappa shape index (κ1) is 20.7. The fraction of sp³-hybridized carbons (Fsp3) is 0.300. The molecule has 0 N–H and O–H groups in total. The van der Waals surface area contributed by atoms with Crippen molar-refractivity contribution in [1.29, 1.82) is 0 Å². The summed E-state index contributed by atoms with van der Waals surface area (Å²) >= 11 is 5.81. The van der Waals surface area contributed by atoms with E-state index in [1.54, 1.807) is 42.5 Å². The van der Waals surface area contributed by atoms with E-state index < -0.39 is 29.9 Å². The summed E-state index contributed by atoms with van der Waals surface area (Å²) in [5.74, 6) is -1.09. The largest absolute Gasteiger partial charge is 0.476 e. The summed E-state index contributed by atoms with van der Waals surface area (Å²) < 4.78 is 24.4. The van der Waals surface area contributed by atoms with Gasteiger partial charge in [0.15, 0.2) is 12.2 Å². The van der Waals surface area contributed by atoms with Crippen LogP contribution in [0.5, 0.6) is 5.75 Å². The van der Waals surface area contributed by atoms with Gasteiger partial charge in [0, 0.05) is 24.2 Å². The molecule has 2 aromatic rings. The number of amides is 1. The molecule has 144 valence electrons. The average Bonchev–Trinajstić information content (AvgIpc) is 2.63. The SMILES string of the molecule is CN(Cc1ccccc1F)C(=O)COC(=O)C(C)(C)Oc1ccc(Cl)cc1. The quantitative estimate of drug-likeness (QED) is 0.671. The molecule has 0 atom stereocenters. The Labute approximate surface area is 162 Å². The summed E-state index contributed by atoms with van der Waals surface area (Å²) in [6.45, 7) is 2.69. The highest BCUT2D eigenvalue weighted by Crippen LogP contribution is 2.21. The smallest absolute Gasteiger partial charge is 0.350 e. The molecular formula is C20H21ClFNO4. The lowest BCUT2D eigenvalue weighted by Gasteiger charge is -2.25. The topological polar surface area (TPSA) is 55.8 Å². The fourth-order valence-corrected chi connectivity index (χ4v) is 2.35. The third-order valence-corrected chi connectivity index (χ3v) is 4.05. The lowest BCUT2D eigenvalue weighted by molar-refractivity contribution is -0.163. The zero-order chi connectivity index (χ0) is 20.0. The van der Waals surface area contributed by atoms with Crippen LogP contribution in [-0.4, -0.2) is 36.0 Å². The molecule has 0 spiro atoms. The number of carbonyl (C=O) groups is 2. The van der Waals surface area contributed by atoms with Gasteiger partial charge in [-0.25, -0.2) is 9.18 Å². The summed E-state index contributed by atoms with van der Waals surface area (Å²) in [6.07, 6.45) is 0. The van der Waals surface area contributed by atoms with Crippen molar-refractivity contribution in [2.75, 3.05) is 13.7 Å². The van der Waals surface area contributed by atoms with Crippen molar-refractivity contribution in [2.24, 2.45) is 0 Å². The molecule has 0 aliphatic heterocycles. The molecule has 2 rings (SSSR count). The first-order valence-electron chi connectivity index (χ1n) is 8.28. The van der Waals surface area contributed by atoms with Crippen molar-refractivity contribution in [3.05, 3.63) is 64.9 Å². The standard InChI is InChI=1S/C20H21ClFNO4/c1-20(2,27-16-10-8-15(21)9-11-16)19(25)26-13-18(24)23(3)12-14-6-4-5-7-17(14)22/h4-11H,12-13H2,1-3H3. The number of halogens is 2. The fourth-order valence-electron chi connectivity index (χ4n) is 2.22. The van der Waals surface area contributed by atoms with Gasteiger partial charge in [-0.2, -0.15) is 0 Å². The van der Waals surface area contributed by atoms with Gasteiger partial charge in [0.25, 0.3) is 5.91 Å². The van der Waals surface area contributed by atoms with Crippen LogP contribution in [0.25, 0.3) is 0 Å². The Morgan fingerprint density at radius 3 is 2.37 bits per heavy atom. The number of esters is 1. The Bertz CT molecular complexity index is 808. The van der Waals surface area contributed by atoms with E-state index in [1.807, 2.05) is 0 Å². The monoisotopic (exact) mass is 393 g/mol. The van der Waals surface area contributed by atoms with Gasteiger partial charge in [-0.15, -0.1) is 0 Å². The Kier molecular flexibility index (Phi) is 6.80. The van der Waals surface area contributed by atoms with Crippen LogP contribution in [0.1, 0.15) is 19.4 Å². The Hall–Kier alpha value is -2.60. The Balaban J connectivity index is 1.88. The number of hydrogen-bond donors (Lipinski definition) is 0. The molecular weight excluding hydrogens is 373 g/mol. The molecule has 27 heavy (non-hydrogen) atoms. The van der Waals surface area contributed by atoms with Crippen LogP contribution in [0.2, 0.25) is 5.02 Å². The molecule has 0 saturated heterocycles. The van der Waals surface area contributed by atoms with E-state index in [4.69, 9.17) is 21.1 Å². The highest BCUT2D eigenvalue weighted by Gasteiger charge is 2.32. The lowest BCUT2D eigenvalue weighted by atomic mass is 10.1. The van der Waals surface area contributed by atoms with E-state index in [0.29, 0.717) is 16.3 Å². The van der Waals surface area contributed by atoms with Crippen molar-refractivity contribution in [3.8, 4) is 5.75 Å². The van der Waals surface area contributed by atoms with Gasteiger partial charge in [-0.05, 0) is 44.2 Å². The summed E-state index contributed by atoms with van der Waals surface area (Å²) in [5.41, 5.74) is -0.913. The van der Waals surface area contributed by atoms with Gasteiger partial charge < -0.3 is 14.4 Å². The predicted octanol–water partition coefficient (Wildman–Crippen LogP) is 3.84. The predicted molar refractivity (Wildman–Crippen MR) is 100.0 cm³/mol. The second-order valence-electron chi connectivity index (χ2n) is 6.48. The van der Waals surface area contributed by atoms with Gasteiger partial charge in [0.2, 0.25) is 0 Å². The van der Waals surface area contributed by atoms with Crippen LogP contribution >= 0.6 is 11.6 Å². The highest BCUT2D eigenvalue weighted by molar-refractivity contribution is 6.30. The molecule has 0 saturated carbocycles. The number of ether oxygens (including phenoxy) is 2. The van der Waals surface area contributed by atoms with Gasteiger partial charge >= 0.3 is 5.97 Å². The zero-order valence-corrected chi connectivity index (χ0v) is 16.1. The van der Waals surface area contributed by atoms with E-state index in [1.165, 1.54) is 31.9 Å². The van der Waals surface area contributed by atoms with E-state index in [2.05, 4.69) is 0 Å². The highest BCUT2D eigenvalue weighted by atomic mass is 35.5. The van der Waals surface area contributed by atoms with Crippen LogP contribution in [0.4, 0.5) is 4.39 Å². The number of benzene rings is 2. The van der Waals surface area contributed by atoms with Crippen molar-refractivity contribution in [3.63, 3.8) is 0 Å². The van der Waals surface area contributed by atoms with Crippen molar-refractivity contribution in [1.82, 2.24) is 4.90 Å². The van der Waals surface area contributed by atoms with Crippen LogP contribution in [0, 0.1) is 5.82 Å². The minimum atomic E-state index is -1.29. The molecule has 7 heteroatoms. The summed E-state index contributed by atoms with van der Waals surface area (Å²) in [4.78, 5) is 25.7. The van der Waals surface area contributed by atoms with E-state index >= 15 is 0 Å². The maximum atomic E-state index is 13.7. The summed E-state index contributed by atoms with van der Waals surface area (Å²) in [7, 11) is 1.51. The maximum Gasteiger partial charge on any atom is 0.350 e. The van der Waals surface area contributed by atoms with E-state index in [-0.39, 0.29) is 6.54 Å². The minimum Gasteiger partial charge on any atom is -0.476 e. The van der Waals surface area contributed by atoms with Gasteiger partial charge in [-0.3, -0.25) is 4.79 Å². The lowest BCUT2D eigenvalue weighted by Crippen LogP contribution is -2.41.